The van der Waals surface area contributed by atoms with Crippen LogP contribution in [0.3, 0.4) is 0 Å². The topological polar surface area (TPSA) is 12.0 Å². The highest BCUT2D eigenvalue weighted by Crippen LogP contribution is 2.33. The molecule has 2 unspecified atom stereocenters. The van der Waals surface area contributed by atoms with Crippen LogP contribution in [0.25, 0.3) is 0 Å². The molecule has 0 aromatic heterocycles. The maximum Gasteiger partial charge on any atom is 0.0595 e. The molecular weight excluding hydrogens is 277 g/mol. The van der Waals surface area contributed by atoms with Crippen LogP contribution < -0.4 is 5.32 Å². The lowest BCUT2D eigenvalue weighted by Crippen LogP contribution is -2.31. The first-order valence-corrected chi connectivity index (χ1v) is 8.11. The summed E-state index contributed by atoms with van der Waals surface area (Å²) in [6.45, 7) is 4.40. The summed E-state index contributed by atoms with van der Waals surface area (Å²) in [4.78, 5) is 0. The molecule has 1 aliphatic rings. The molecule has 0 amide bonds. The van der Waals surface area contributed by atoms with Gasteiger partial charge in [0, 0.05) is 0 Å². The summed E-state index contributed by atoms with van der Waals surface area (Å²) in [5.41, 5.74) is 1.32. The minimum Gasteiger partial charge on any atom is -0.317 e. The Morgan fingerprint density at radius 1 is 1.11 bits per heavy atom. The SMILES string of the molecule is CCNCC1CCCCC1Cc1ccc(Cl)c(Cl)c1. The van der Waals surface area contributed by atoms with Crippen molar-refractivity contribution in [2.24, 2.45) is 11.8 Å². The third kappa shape index (κ3) is 4.37. The van der Waals surface area contributed by atoms with E-state index < -0.39 is 0 Å². The van der Waals surface area contributed by atoms with Gasteiger partial charge >= 0.3 is 0 Å². The number of hydrogen-bond donors (Lipinski definition) is 1. The van der Waals surface area contributed by atoms with Crippen LogP contribution in [0.15, 0.2) is 18.2 Å². The van der Waals surface area contributed by atoms with Gasteiger partial charge in [0.2, 0.25) is 0 Å². The maximum atomic E-state index is 6.11. The maximum absolute atomic E-state index is 6.11. The van der Waals surface area contributed by atoms with Crippen molar-refractivity contribution in [3.05, 3.63) is 33.8 Å². The van der Waals surface area contributed by atoms with E-state index in [2.05, 4.69) is 18.3 Å². The molecule has 1 aromatic rings. The summed E-state index contributed by atoms with van der Waals surface area (Å²) in [5, 5.41) is 4.84. The Morgan fingerprint density at radius 3 is 2.53 bits per heavy atom. The molecule has 0 heterocycles. The summed E-state index contributed by atoms with van der Waals surface area (Å²) >= 11 is 12.1. The van der Waals surface area contributed by atoms with Crippen LogP contribution >= 0.6 is 23.2 Å². The Kier molecular flexibility index (Phi) is 6.00. The zero-order chi connectivity index (χ0) is 13.7. The molecule has 1 nitrogen and oxygen atoms in total. The molecule has 2 atom stereocenters. The predicted octanol–water partition coefficient (Wildman–Crippen LogP) is 4.95. The van der Waals surface area contributed by atoms with Crippen molar-refractivity contribution >= 4 is 23.2 Å². The van der Waals surface area contributed by atoms with Crippen molar-refractivity contribution in [2.75, 3.05) is 13.1 Å². The summed E-state index contributed by atoms with van der Waals surface area (Å²) in [6, 6.07) is 6.07. The van der Waals surface area contributed by atoms with Gasteiger partial charge < -0.3 is 5.32 Å². The fraction of sp³-hybridized carbons (Fsp3) is 0.625. The van der Waals surface area contributed by atoms with E-state index in [4.69, 9.17) is 23.2 Å². The smallest absolute Gasteiger partial charge is 0.0595 e. The average Bonchev–Trinajstić information content (AvgIpc) is 2.42. The van der Waals surface area contributed by atoms with Gasteiger partial charge in [-0.1, -0.05) is 49.0 Å². The second-order valence-electron chi connectivity index (χ2n) is 5.56. The number of halogens is 2. The van der Waals surface area contributed by atoms with Crippen molar-refractivity contribution in [3.8, 4) is 0 Å². The average molecular weight is 300 g/mol. The first-order valence-electron chi connectivity index (χ1n) is 7.35. The van der Waals surface area contributed by atoms with Gasteiger partial charge in [-0.2, -0.15) is 0 Å². The van der Waals surface area contributed by atoms with Crippen LogP contribution in [0.4, 0.5) is 0 Å². The molecule has 0 spiro atoms. The summed E-state index contributed by atoms with van der Waals surface area (Å²) in [5.74, 6) is 1.59. The van der Waals surface area contributed by atoms with Crippen molar-refractivity contribution in [3.63, 3.8) is 0 Å². The van der Waals surface area contributed by atoms with Gasteiger partial charge in [-0.25, -0.2) is 0 Å². The van der Waals surface area contributed by atoms with Gasteiger partial charge in [0.15, 0.2) is 0 Å². The molecule has 106 valence electrons. The molecule has 2 rings (SSSR count). The molecule has 0 bridgehead atoms. The molecule has 0 saturated heterocycles. The van der Waals surface area contributed by atoms with E-state index in [1.54, 1.807) is 0 Å². The molecule has 1 aliphatic carbocycles. The predicted molar refractivity (Wildman–Crippen MR) is 84.2 cm³/mol. The van der Waals surface area contributed by atoms with E-state index in [9.17, 15) is 0 Å². The lowest BCUT2D eigenvalue weighted by Gasteiger charge is -2.32. The molecule has 3 heteroatoms. The van der Waals surface area contributed by atoms with Gasteiger partial charge in [0.05, 0.1) is 10.0 Å². The molecule has 1 fully saturated rings. The third-order valence-corrected chi connectivity index (χ3v) is 4.94. The van der Waals surface area contributed by atoms with Gasteiger partial charge in [0.1, 0.15) is 0 Å². The summed E-state index contributed by atoms with van der Waals surface area (Å²) in [6.07, 6.45) is 6.59. The third-order valence-electron chi connectivity index (χ3n) is 4.20. The Labute approximate surface area is 126 Å². The lowest BCUT2D eigenvalue weighted by atomic mass is 9.76. The van der Waals surface area contributed by atoms with Gasteiger partial charge in [0.25, 0.3) is 0 Å². The highest BCUT2D eigenvalue weighted by molar-refractivity contribution is 6.42. The highest BCUT2D eigenvalue weighted by Gasteiger charge is 2.24. The van der Waals surface area contributed by atoms with Crippen LogP contribution in [0.2, 0.25) is 10.0 Å². The van der Waals surface area contributed by atoms with E-state index in [0.29, 0.717) is 10.0 Å². The van der Waals surface area contributed by atoms with Crippen LogP contribution in [0, 0.1) is 11.8 Å². The van der Waals surface area contributed by atoms with E-state index in [0.717, 1.165) is 31.3 Å². The van der Waals surface area contributed by atoms with E-state index in [-0.39, 0.29) is 0 Å². The number of rotatable bonds is 5. The van der Waals surface area contributed by atoms with Crippen LogP contribution in [0.5, 0.6) is 0 Å². The molecule has 0 radical (unpaired) electrons. The Balaban J connectivity index is 1.99. The van der Waals surface area contributed by atoms with Crippen molar-refractivity contribution in [2.45, 2.75) is 39.0 Å². The van der Waals surface area contributed by atoms with Crippen molar-refractivity contribution < 1.29 is 0 Å². The number of hydrogen-bond acceptors (Lipinski definition) is 1. The van der Waals surface area contributed by atoms with E-state index in [1.165, 1.54) is 31.2 Å². The normalized spacial score (nSPS) is 23.5. The van der Waals surface area contributed by atoms with Crippen LogP contribution in [0.1, 0.15) is 38.2 Å². The first-order chi connectivity index (χ1) is 9.20. The number of nitrogens with one attached hydrogen (secondary N) is 1. The Morgan fingerprint density at radius 2 is 1.84 bits per heavy atom. The van der Waals surface area contributed by atoms with Crippen molar-refractivity contribution in [1.29, 1.82) is 0 Å². The minimum atomic E-state index is 0.651. The summed E-state index contributed by atoms with van der Waals surface area (Å²) in [7, 11) is 0. The summed E-state index contributed by atoms with van der Waals surface area (Å²) < 4.78 is 0. The minimum absolute atomic E-state index is 0.651. The van der Waals surface area contributed by atoms with Gasteiger partial charge in [-0.05, 0) is 61.9 Å². The zero-order valence-corrected chi connectivity index (χ0v) is 13.1. The molecule has 1 aromatic carbocycles. The van der Waals surface area contributed by atoms with E-state index >= 15 is 0 Å². The first kappa shape index (κ1) is 15.2. The van der Waals surface area contributed by atoms with Gasteiger partial charge in [-0.15, -0.1) is 0 Å². The van der Waals surface area contributed by atoms with Crippen LogP contribution in [-0.2, 0) is 6.42 Å². The highest BCUT2D eigenvalue weighted by atomic mass is 35.5. The second-order valence-corrected chi connectivity index (χ2v) is 6.38. The molecule has 0 aliphatic heterocycles. The van der Waals surface area contributed by atoms with Gasteiger partial charge in [-0.3, -0.25) is 0 Å². The standard InChI is InChI=1S/C16H23Cl2N/c1-2-19-11-14-6-4-3-5-13(14)9-12-7-8-15(17)16(18)10-12/h7-8,10,13-14,19H,2-6,9,11H2,1H3. The largest absolute Gasteiger partial charge is 0.317 e. The molecular formula is C16H23Cl2N. The molecule has 19 heavy (non-hydrogen) atoms. The quantitative estimate of drug-likeness (QED) is 0.811. The fourth-order valence-electron chi connectivity index (χ4n) is 3.12. The Hall–Kier alpha value is -0.240. The second kappa shape index (κ2) is 7.52. The molecule has 1 saturated carbocycles. The molecule has 1 N–H and O–H groups in total. The number of benzene rings is 1. The van der Waals surface area contributed by atoms with Crippen LogP contribution in [-0.4, -0.2) is 13.1 Å². The van der Waals surface area contributed by atoms with E-state index in [1.807, 2.05) is 12.1 Å². The lowest BCUT2D eigenvalue weighted by molar-refractivity contribution is 0.229. The Bertz CT molecular complexity index is 406. The fourth-order valence-corrected chi connectivity index (χ4v) is 3.44. The zero-order valence-electron chi connectivity index (χ0n) is 11.6. The monoisotopic (exact) mass is 299 g/mol. The van der Waals surface area contributed by atoms with Crippen molar-refractivity contribution in [1.82, 2.24) is 5.32 Å².